The summed E-state index contributed by atoms with van der Waals surface area (Å²) in [7, 11) is 1.63. The summed E-state index contributed by atoms with van der Waals surface area (Å²) in [6, 6.07) is 4.03. The number of rotatable bonds is 4. The monoisotopic (exact) mass is 193 g/mol. The summed E-state index contributed by atoms with van der Waals surface area (Å²) in [5.74, 6) is -0.00842. The first kappa shape index (κ1) is 10.7. The molecule has 1 rings (SSSR count). The van der Waals surface area contributed by atoms with Crippen LogP contribution in [0.2, 0.25) is 0 Å². The Morgan fingerprint density at radius 1 is 1.50 bits per heavy atom. The minimum absolute atomic E-state index is 0.00842. The fraction of sp³-hybridized carbons (Fsp3) is 0.400. The predicted octanol–water partition coefficient (Wildman–Crippen LogP) is 0.478. The zero-order chi connectivity index (χ0) is 10.4. The van der Waals surface area contributed by atoms with Gasteiger partial charge in [-0.15, -0.1) is 0 Å². The number of hydrogen-bond acceptors (Lipinski definition) is 3. The van der Waals surface area contributed by atoms with Crippen molar-refractivity contribution in [3.8, 4) is 0 Å². The molecule has 0 radical (unpaired) electrons. The molecule has 0 saturated heterocycles. The molecular formula is C10H15N3O. The topological polar surface area (TPSA) is 54.0 Å². The molecule has 1 aromatic rings. The van der Waals surface area contributed by atoms with Crippen LogP contribution >= 0.6 is 0 Å². The van der Waals surface area contributed by atoms with E-state index in [0.717, 1.165) is 5.56 Å². The third kappa shape index (κ3) is 3.14. The van der Waals surface area contributed by atoms with Crippen LogP contribution in [0.3, 0.4) is 0 Å². The fourth-order valence-electron chi connectivity index (χ4n) is 1.10. The van der Waals surface area contributed by atoms with Gasteiger partial charge in [-0.05, 0) is 24.6 Å². The number of carbonyl (C=O) groups is 1. The zero-order valence-corrected chi connectivity index (χ0v) is 8.45. The molecule has 0 aliphatic rings. The summed E-state index contributed by atoms with van der Waals surface area (Å²) in [5.41, 5.74) is 1.13. The van der Waals surface area contributed by atoms with E-state index in [9.17, 15) is 4.79 Å². The van der Waals surface area contributed by atoms with Crippen LogP contribution < -0.4 is 10.6 Å². The number of amides is 1. The van der Waals surface area contributed by atoms with E-state index in [-0.39, 0.29) is 11.9 Å². The molecule has 0 bridgehead atoms. The van der Waals surface area contributed by atoms with Crippen LogP contribution in [0.1, 0.15) is 18.5 Å². The minimum Gasteiger partial charge on any atom is -0.358 e. The second-order valence-corrected chi connectivity index (χ2v) is 3.06. The number of nitrogens with zero attached hydrogens (tertiary/aromatic N) is 1. The summed E-state index contributed by atoms with van der Waals surface area (Å²) < 4.78 is 0. The second-order valence-electron chi connectivity index (χ2n) is 3.06. The third-order valence-electron chi connectivity index (χ3n) is 2.05. The van der Waals surface area contributed by atoms with Crippen molar-refractivity contribution in [3.05, 3.63) is 30.1 Å². The molecule has 14 heavy (non-hydrogen) atoms. The molecule has 0 aromatic carbocycles. The first-order valence-corrected chi connectivity index (χ1v) is 4.58. The molecule has 0 fully saturated rings. The standard InChI is InChI=1S/C10H15N3O/c1-8(13-7-10(14)11-2)9-3-5-12-6-4-9/h3-6,8,13H,7H2,1-2H3,(H,11,14)/t8-/m1/s1. The van der Waals surface area contributed by atoms with Gasteiger partial charge in [-0.25, -0.2) is 0 Å². The number of aromatic nitrogens is 1. The van der Waals surface area contributed by atoms with Crippen LogP contribution in [-0.4, -0.2) is 24.5 Å². The van der Waals surface area contributed by atoms with Gasteiger partial charge >= 0.3 is 0 Å². The van der Waals surface area contributed by atoms with Crippen molar-refractivity contribution in [2.45, 2.75) is 13.0 Å². The molecule has 76 valence electrons. The molecule has 4 heteroatoms. The quantitative estimate of drug-likeness (QED) is 0.731. The summed E-state index contributed by atoms with van der Waals surface area (Å²) in [6.45, 7) is 2.35. The van der Waals surface area contributed by atoms with E-state index in [0.29, 0.717) is 6.54 Å². The van der Waals surface area contributed by atoms with E-state index in [4.69, 9.17) is 0 Å². The van der Waals surface area contributed by atoms with Gasteiger partial charge in [0, 0.05) is 25.5 Å². The summed E-state index contributed by atoms with van der Waals surface area (Å²) in [5, 5.41) is 5.67. The van der Waals surface area contributed by atoms with Gasteiger partial charge in [0.2, 0.25) is 5.91 Å². The highest BCUT2D eigenvalue weighted by atomic mass is 16.1. The molecule has 1 atom stereocenters. The average molecular weight is 193 g/mol. The van der Waals surface area contributed by atoms with Gasteiger partial charge < -0.3 is 10.6 Å². The largest absolute Gasteiger partial charge is 0.358 e. The van der Waals surface area contributed by atoms with Gasteiger partial charge in [0.15, 0.2) is 0 Å². The Kier molecular flexibility index (Phi) is 4.07. The van der Waals surface area contributed by atoms with Crippen LogP contribution in [0, 0.1) is 0 Å². The fourth-order valence-corrected chi connectivity index (χ4v) is 1.10. The normalized spacial score (nSPS) is 12.1. The van der Waals surface area contributed by atoms with Gasteiger partial charge in [-0.1, -0.05) is 0 Å². The Bertz CT molecular complexity index is 287. The van der Waals surface area contributed by atoms with E-state index in [1.165, 1.54) is 0 Å². The number of hydrogen-bond donors (Lipinski definition) is 2. The first-order chi connectivity index (χ1) is 6.74. The van der Waals surface area contributed by atoms with E-state index in [1.807, 2.05) is 19.1 Å². The highest BCUT2D eigenvalue weighted by molar-refractivity contribution is 5.77. The SMILES string of the molecule is CNC(=O)CN[C@H](C)c1ccncc1. The van der Waals surface area contributed by atoms with Gasteiger partial charge in [0.25, 0.3) is 0 Å². The highest BCUT2D eigenvalue weighted by Crippen LogP contribution is 2.08. The maximum Gasteiger partial charge on any atom is 0.233 e. The summed E-state index contributed by atoms with van der Waals surface area (Å²) in [4.78, 5) is 14.9. The Morgan fingerprint density at radius 2 is 2.14 bits per heavy atom. The van der Waals surface area contributed by atoms with Crippen molar-refractivity contribution in [3.63, 3.8) is 0 Å². The molecule has 1 amide bonds. The lowest BCUT2D eigenvalue weighted by molar-refractivity contribution is -0.119. The number of likely N-dealkylation sites (N-methyl/N-ethyl adjacent to an activating group) is 1. The molecule has 1 aromatic heterocycles. The summed E-state index contributed by atoms with van der Waals surface area (Å²) in [6.07, 6.45) is 3.49. The second kappa shape index (κ2) is 5.34. The Labute approximate surface area is 83.7 Å². The molecule has 0 aliphatic heterocycles. The number of nitrogens with one attached hydrogen (secondary N) is 2. The van der Waals surface area contributed by atoms with E-state index in [1.54, 1.807) is 19.4 Å². The van der Waals surface area contributed by atoms with E-state index in [2.05, 4.69) is 15.6 Å². The van der Waals surface area contributed by atoms with Crippen molar-refractivity contribution < 1.29 is 4.79 Å². The van der Waals surface area contributed by atoms with E-state index < -0.39 is 0 Å². The lowest BCUT2D eigenvalue weighted by atomic mass is 10.1. The smallest absolute Gasteiger partial charge is 0.233 e. The first-order valence-electron chi connectivity index (χ1n) is 4.58. The van der Waals surface area contributed by atoms with E-state index >= 15 is 0 Å². The Balaban J connectivity index is 2.43. The van der Waals surface area contributed by atoms with Crippen LogP contribution in [0.4, 0.5) is 0 Å². The molecule has 4 nitrogen and oxygen atoms in total. The van der Waals surface area contributed by atoms with Crippen LogP contribution in [0.5, 0.6) is 0 Å². The van der Waals surface area contributed by atoms with Gasteiger partial charge in [0.05, 0.1) is 6.54 Å². The molecule has 0 spiro atoms. The van der Waals surface area contributed by atoms with Crippen molar-refractivity contribution in [1.29, 1.82) is 0 Å². The minimum atomic E-state index is -0.00842. The highest BCUT2D eigenvalue weighted by Gasteiger charge is 2.05. The van der Waals surface area contributed by atoms with Crippen LogP contribution in [-0.2, 0) is 4.79 Å². The number of carbonyl (C=O) groups excluding carboxylic acids is 1. The van der Waals surface area contributed by atoms with Crippen molar-refractivity contribution >= 4 is 5.91 Å². The van der Waals surface area contributed by atoms with Crippen LogP contribution in [0.15, 0.2) is 24.5 Å². The van der Waals surface area contributed by atoms with Gasteiger partial charge in [-0.3, -0.25) is 9.78 Å². The summed E-state index contributed by atoms with van der Waals surface area (Å²) >= 11 is 0. The average Bonchev–Trinajstić information content (AvgIpc) is 2.26. The zero-order valence-electron chi connectivity index (χ0n) is 8.45. The maximum atomic E-state index is 11.0. The van der Waals surface area contributed by atoms with Gasteiger partial charge in [0.1, 0.15) is 0 Å². The molecular weight excluding hydrogens is 178 g/mol. The lowest BCUT2D eigenvalue weighted by Gasteiger charge is -2.12. The molecule has 0 aliphatic carbocycles. The third-order valence-corrected chi connectivity index (χ3v) is 2.05. The lowest BCUT2D eigenvalue weighted by Crippen LogP contribution is -2.32. The molecule has 0 unspecified atom stereocenters. The van der Waals surface area contributed by atoms with Crippen molar-refractivity contribution in [1.82, 2.24) is 15.6 Å². The van der Waals surface area contributed by atoms with Crippen LogP contribution in [0.25, 0.3) is 0 Å². The predicted molar refractivity (Wildman–Crippen MR) is 54.7 cm³/mol. The Hall–Kier alpha value is -1.42. The Morgan fingerprint density at radius 3 is 2.71 bits per heavy atom. The molecule has 2 N–H and O–H groups in total. The molecule has 1 heterocycles. The van der Waals surface area contributed by atoms with Crippen molar-refractivity contribution in [2.24, 2.45) is 0 Å². The van der Waals surface area contributed by atoms with Crippen molar-refractivity contribution in [2.75, 3.05) is 13.6 Å². The number of pyridine rings is 1. The van der Waals surface area contributed by atoms with Gasteiger partial charge in [-0.2, -0.15) is 0 Å². The maximum absolute atomic E-state index is 11.0. The molecule has 0 saturated carbocycles.